The second-order valence-electron chi connectivity index (χ2n) is 4.59. The minimum atomic E-state index is -3.57. The molecule has 0 saturated heterocycles. The number of terminal acetylenes is 1. The van der Waals surface area contributed by atoms with E-state index in [0.29, 0.717) is 17.6 Å². The second-order valence-corrected chi connectivity index (χ2v) is 7.35. The van der Waals surface area contributed by atoms with E-state index in [2.05, 4.69) is 27.2 Å². The highest BCUT2D eigenvalue weighted by atomic mass is 79.9. The molecule has 0 aliphatic carbocycles. The molecule has 0 aromatic heterocycles. The fourth-order valence-corrected chi connectivity index (χ4v) is 4.44. The lowest BCUT2D eigenvalue weighted by atomic mass is 10.2. The first kappa shape index (κ1) is 18.2. The van der Waals surface area contributed by atoms with Crippen LogP contribution >= 0.6 is 15.9 Å². The number of nitrogens with one attached hydrogen (secondary N) is 1. The van der Waals surface area contributed by atoms with Gasteiger partial charge in [-0.15, -0.1) is 6.42 Å². The summed E-state index contributed by atoms with van der Waals surface area (Å²) < 4.78 is 27.2. The molecular weight excluding hydrogens is 352 g/mol. The predicted octanol–water partition coefficient (Wildman–Crippen LogP) is 2.59. The molecule has 0 spiro atoms. The number of halogens is 1. The Morgan fingerprint density at radius 3 is 2.62 bits per heavy atom. The van der Waals surface area contributed by atoms with Crippen LogP contribution in [0.5, 0.6) is 0 Å². The summed E-state index contributed by atoms with van der Waals surface area (Å²) in [6.07, 6.45) is 5.99. The van der Waals surface area contributed by atoms with Crippen LogP contribution in [-0.2, 0) is 16.6 Å². The zero-order chi connectivity index (χ0) is 15.9. The third-order valence-corrected chi connectivity index (χ3v) is 5.76. The van der Waals surface area contributed by atoms with E-state index in [9.17, 15) is 8.42 Å². The molecule has 0 heterocycles. The maximum Gasteiger partial charge on any atom is 0.245 e. The highest BCUT2D eigenvalue weighted by Gasteiger charge is 2.25. The van der Waals surface area contributed by atoms with Gasteiger partial charge in [0.05, 0.1) is 11.4 Å². The number of hydrogen-bond donors (Lipinski definition) is 1. The quantitative estimate of drug-likeness (QED) is 0.713. The largest absolute Gasteiger partial charge is 0.313 e. The predicted molar refractivity (Wildman–Crippen MR) is 89.4 cm³/mol. The maximum atomic E-state index is 12.6. The summed E-state index contributed by atoms with van der Waals surface area (Å²) in [6.45, 7) is 6.02. The van der Waals surface area contributed by atoms with Gasteiger partial charge in [0.15, 0.2) is 0 Å². The Labute approximate surface area is 136 Å². The van der Waals surface area contributed by atoms with Gasteiger partial charge in [-0.2, -0.15) is 4.31 Å². The third kappa shape index (κ3) is 4.82. The van der Waals surface area contributed by atoms with E-state index in [0.717, 1.165) is 18.5 Å². The summed E-state index contributed by atoms with van der Waals surface area (Å²) in [7, 11) is -3.57. The molecule has 0 unspecified atom stereocenters. The summed E-state index contributed by atoms with van der Waals surface area (Å²) in [5, 5.41) is 3.21. The fourth-order valence-electron chi connectivity index (χ4n) is 1.91. The van der Waals surface area contributed by atoms with Gasteiger partial charge in [0, 0.05) is 17.6 Å². The van der Waals surface area contributed by atoms with Crippen molar-refractivity contribution in [3.8, 4) is 12.3 Å². The van der Waals surface area contributed by atoms with Crippen LogP contribution in [0.4, 0.5) is 0 Å². The molecule has 0 bridgehead atoms. The van der Waals surface area contributed by atoms with Crippen LogP contribution in [0.3, 0.4) is 0 Å². The van der Waals surface area contributed by atoms with Crippen molar-refractivity contribution in [2.45, 2.75) is 31.7 Å². The first-order valence-corrected chi connectivity index (χ1v) is 9.13. The minimum absolute atomic E-state index is 0.0851. The molecule has 1 aromatic carbocycles. The van der Waals surface area contributed by atoms with Crippen LogP contribution in [-0.4, -0.2) is 32.4 Å². The average molecular weight is 373 g/mol. The molecule has 0 aliphatic rings. The normalized spacial score (nSPS) is 11.6. The minimum Gasteiger partial charge on any atom is -0.313 e. The van der Waals surface area contributed by atoms with E-state index in [1.165, 1.54) is 4.31 Å². The van der Waals surface area contributed by atoms with Gasteiger partial charge in [0.2, 0.25) is 10.0 Å². The molecule has 116 valence electrons. The smallest absolute Gasteiger partial charge is 0.245 e. The lowest BCUT2D eigenvalue weighted by Gasteiger charge is -2.20. The van der Waals surface area contributed by atoms with Crippen LogP contribution in [0.25, 0.3) is 0 Å². The van der Waals surface area contributed by atoms with E-state index in [-0.39, 0.29) is 11.4 Å². The summed E-state index contributed by atoms with van der Waals surface area (Å²) in [5.41, 5.74) is 1.03. The Hall–Kier alpha value is -0.870. The Balaban J connectivity index is 3.10. The molecular formula is C15H21BrN2O2S. The van der Waals surface area contributed by atoms with E-state index in [1.54, 1.807) is 6.07 Å². The van der Waals surface area contributed by atoms with Crippen molar-refractivity contribution in [3.63, 3.8) is 0 Å². The number of rotatable bonds is 8. The standard InChI is InChI=1S/C15H21BrN2O2S/c1-4-9-18(10-5-2)21(19,20)15-8-7-13(11-14(15)16)12-17-6-3/h1,7-8,11,17H,5-6,9-10,12H2,2-3H3. The molecule has 1 aromatic rings. The van der Waals surface area contributed by atoms with E-state index < -0.39 is 10.0 Å². The summed E-state index contributed by atoms with van der Waals surface area (Å²) in [4.78, 5) is 0.256. The van der Waals surface area contributed by atoms with Gasteiger partial charge in [-0.1, -0.05) is 25.8 Å². The second kappa shape index (κ2) is 8.54. The zero-order valence-corrected chi connectivity index (χ0v) is 14.8. The first-order chi connectivity index (χ1) is 9.97. The molecule has 1 N–H and O–H groups in total. The van der Waals surface area contributed by atoms with Gasteiger partial charge in [-0.05, 0) is 46.6 Å². The first-order valence-electron chi connectivity index (χ1n) is 6.90. The molecule has 0 aliphatic heterocycles. The third-order valence-electron chi connectivity index (χ3n) is 2.93. The fraction of sp³-hybridized carbons (Fsp3) is 0.467. The maximum absolute atomic E-state index is 12.6. The van der Waals surface area contributed by atoms with Gasteiger partial charge in [0.1, 0.15) is 0 Å². The van der Waals surface area contributed by atoms with Crippen molar-refractivity contribution in [3.05, 3.63) is 28.2 Å². The van der Waals surface area contributed by atoms with Crippen LogP contribution in [0, 0.1) is 12.3 Å². The molecule has 21 heavy (non-hydrogen) atoms. The van der Waals surface area contributed by atoms with Gasteiger partial charge >= 0.3 is 0 Å². The van der Waals surface area contributed by atoms with Crippen LogP contribution in [0.1, 0.15) is 25.8 Å². The van der Waals surface area contributed by atoms with E-state index in [4.69, 9.17) is 6.42 Å². The molecule has 0 fully saturated rings. The molecule has 1 rings (SSSR count). The topological polar surface area (TPSA) is 49.4 Å². The zero-order valence-electron chi connectivity index (χ0n) is 12.4. The van der Waals surface area contributed by atoms with Crippen molar-refractivity contribution in [1.29, 1.82) is 0 Å². The van der Waals surface area contributed by atoms with Gasteiger partial charge in [-0.25, -0.2) is 8.42 Å². The Morgan fingerprint density at radius 1 is 1.38 bits per heavy atom. The summed E-state index contributed by atoms with van der Waals surface area (Å²) in [6, 6.07) is 5.28. The Morgan fingerprint density at radius 2 is 2.10 bits per heavy atom. The number of sulfonamides is 1. The van der Waals surface area contributed by atoms with Crippen molar-refractivity contribution in [2.75, 3.05) is 19.6 Å². The van der Waals surface area contributed by atoms with Crippen molar-refractivity contribution in [2.24, 2.45) is 0 Å². The van der Waals surface area contributed by atoms with Crippen molar-refractivity contribution >= 4 is 26.0 Å². The van der Waals surface area contributed by atoms with E-state index in [1.807, 2.05) is 26.0 Å². The Kier molecular flexibility index (Phi) is 7.40. The molecule has 0 radical (unpaired) electrons. The summed E-state index contributed by atoms with van der Waals surface area (Å²) in [5.74, 6) is 2.41. The molecule has 0 amide bonds. The molecule has 0 atom stereocenters. The van der Waals surface area contributed by atoms with Crippen LogP contribution in [0.15, 0.2) is 27.6 Å². The average Bonchev–Trinajstić information content (AvgIpc) is 2.44. The molecule has 0 saturated carbocycles. The Bertz CT molecular complexity index is 609. The highest BCUT2D eigenvalue weighted by molar-refractivity contribution is 9.10. The van der Waals surface area contributed by atoms with Crippen LogP contribution < -0.4 is 5.32 Å². The molecule has 4 nitrogen and oxygen atoms in total. The van der Waals surface area contributed by atoms with Gasteiger partial charge in [0.25, 0.3) is 0 Å². The van der Waals surface area contributed by atoms with Gasteiger partial charge < -0.3 is 5.32 Å². The van der Waals surface area contributed by atoms with Crippen molar-refractivity contribution in [1.82, 2.24) is 9.62 Å². The monoisotopic (exact) mass is 372 g/mol. The lowest BCUT2D eigenvalue weighted by molar-refractivity contribution is 0.445. The number of hydrogen-bond acceptors (Lipinski definition) is 3. The van der Waals surface area contributed by atoms with Gasteiger partial charge in [-0.3, -0.25) is 0 Å². The van der Waals surface area contributed by atoms with Crippen molar-refractivity contribution < 1.29 is 8.42 Å². The lowest BCUT2D eigenvalue weighted by Crippen LogP contribution is -2.32. The SMILES string of the molecule is C#CCN(CCC)S(=O)(=O)c1ccc(CNCC)cc1Br. The number of benzene rings is 1. The molecule has 6 heteroatoms. The van der Waals surface area contributed by atoms with Crippen LogP contribution in [0.2, 0.25) is 0 Å². The highest BCUT2D eigenvalue weighted by Crippen LogP contribution is 2.26. The number of nitrogens with zero attached hydrogens (tertiary/aromatic N) is 1. The summed E-state index contributed by atoms with van der Waals surface area (Å²) >= 11 is 3.36. The van der Waals surface area contributed by atoms with E-state index >= 15 is 0 Å².